The minimum atomic E-state index is -3.67. The molecule has 230 valence electrons. The van der Waals surface area contributed by atoms with Gasteiger partial charge in [0, 0.05) is 32.8 Å². The lowest BCUT2D eigenvalue weighted by atomic mass is 10.0. The quantitative estimate of drug-likeness (QED) is 0.266. The molecule has 1 aliphatic rings. The second-order valence-electron chi connectivity index (χ2n) is 9.83. The van der Waals surface area contributed by atoms with Crippen molar-refractivity contribution in [3.8, 4) is 11.5 Å². The van der Waals surface area contributed by atoms with Crippen LogP contribution in [-0.4, -0.2) is 87.7 Å². The van der Waals surface area contributed by atoms with Crippen molar-refractivity contribution < 1.29 is 37.3 Å². The number of aliphatic hydroxyl groups excluding tert-OH is 1. The number of benzene rings is 3. The number of ether oxygens (including phenoxy) is 3. The summed E-state index contributed by atoms with van der Waals surface area (Å²) in [5, 5.41) is 12.0. The Morgan fingerprint density at radius 1 is 0.977 bits per heavy atom. The Morgan fingerprint density at radius 3 is 2.26 bits per heavy atom. The molecule has 3 aromatic rings. The average Bonchev–Trinajstić information content (AvgIpc) is 3.05. The molecular formula is C31H37N3O8S. The first kappa shape index (κ1) is 32.0. The van der Waals surface area contributed by atoms with Crippen LogP contribution in [0, 0.1) is 0 Å². The highest BCUT2D eigenvalue weighted by molar-refractivity contribution is 7.89. The fraction of sp³-hybridized carbons (Fsp3) is 0.355. The molecule has 43 heavy (non-hydrogen) atoms. The van der Waals surface area contributed by atoms with Crippen LogP contribution in [0.15, 0.2) is 83.8 Å². The Bertz CT molecular complexity index is 1430. The summed E-state index contributed by atoms with van der Waals surface area (Å²) in [6.07, 6.45) is 0.375. The number of nitrogens with zero attached hydrogens (tertiary/aromatic N) is 2. The Labute approximate surface area is 252 Å². The van der Waals surface area contributed by atoms with E-state index in [1.54, 1.807) is 43.5 Å². The standard InChI is InChI=1S/C31H37N3O8S/c1-40-26-10-8-24(9-11-26)22-34(30(25-6-3-2-4-7-25)31(37)32-16-5-19-35)29(36)23-42-27-12-14-28(15-13-27)43(38,39)33-17-20-41-21-18-33/h2-4,6-15,30,35H,5,16-23H2,1H3,(H,32,37). The van der Waals surface area contributed by atoms with Crippen molar-refractivity contribution in [2.75, 3.05) is 53.2 Å². The molecule has 12 heteroatoms. The monoisotopic (exact) mass is 611 g/mol. The molecule has 2 amide bonds. The molecule has 3 aromatic carbocycles. The Kier molecular flexibility index (Phi) is 11.5. The van der Waals surface area contributed by atoms with E-state index < -0.39 is 22.0 Å². The van der Waals surface area contributed by atoms with E-state index in [0.717, 1.165) is 5.56 Å². The number of hydrogen-bond acceptors (Lipinski definition) is 8. The molecule has 1 fully saturated rings. The first-order chi connectivity index (χ1) is 20.8. The van der Waals surface area contributed by atoms with Gasteiger partial charge in [0.05, 0.1) is 25.2 Å². The van der Waals surface area contributed by atoms with E-state index in [2.05, 4.69) is 5.32 Å². The number of carbonyl (C=O) groups excluding carboxylic acids is 2. The number of hydrogen-bond donors (Lipinski definition) is 2. The van der Waals surface area contributed by atoms with Gasteiger partial charge >= 0.3 is 0 Å². The minimum absolute atomic E-state index is 0.0782. The molecular weight excluding hydrogens is 574 g/mol. The Morgan fingerprint density at radius 2 is 1.63 bits per heavy atom. The molecule has 0 aliphatic carbocycles. The number of nitrogens with one attached hydrogen (secondary N) is 1. The molecule has 0 aromatic heterocycles. The summed E-state index contributed by atoms with van der Waals surface area (Å²) in [5.41, 5.74) is 1.39. The number of morpholine rings is 1. The predicted molar refractivity (Wildman–Crippen MR) is 159 cm³/mol. The van der Waals surface area contributed by atoms with Crippen LogP contribution >= 0.6 is 0 Å². The Balaban J connectivity index is 1.55. The summed E-state index contributed by atoms with van der Waals surface area (Å²) in [6.45, 7) is 1.15. The first-order valence-corrected chi connectivity index (χ1v) is 15.4. The second-order valence-corrected chi connectivity index (χ2v) is 11.8. The van der Waals surface area contributed by atoms with Gasteiger partial charge in [0.1, 0.15) is 17.5 Å². The van der Waals surface area contributed by atoms with Crippen LogP contribution in [0.25, 0.3) is 0 Å². The molecule has 0 bridgehead atoms. The van der Waals surface area contributed by atoms with E-state index in [0.29, 0.717) is 36.7 Å². The van der Waals surface area contributed by atoms with Crippen LogP contribution in [0.5, 0.6) is 11.5 Å². The smallest absolute Gasteiger partial charge is 0.261 e. The van der Waals surface area contributed by atoms with Gasteiger partial charge in [-0.05, 0) is 53.9 Å². The summed E-state index contributed by atoms with van der Waals surface area (Å²) < 4.78 is 43.6. The van der Waals surface area contributed by atoms with E-state index >= 15 is 0 Å². The molecule has 1 unspecified atom stereocenters. The molecule has 1 heterocycles. The maximum absolute atomic E-state index is 13.8. The maximum Gasteiger partial charge on any atom is 0.261 e. The van der Waals surface area contributed by atoms with E-state index in [4.69, 9.17) is 14.2 Å². The predicted octanol–water partition coefficient (Wildman–Crippen LogP) is 2.36. The van der Waals surface area contributed by atoms with E-state index in [9.17, 15) is 23.1 Å². The van der Waals surface area contributed by atoms with Crippen molar-refractivity contribution in [2.24, 2.45) is 0 Å². The molecule has 1 saturated heterocycles. The summed E-state index contributed by atoms with van der Waals surface area (Å²) in [4.78, 5) is 28.8. The maximum atomic E-state index is 13.8. The number of sulfonamides is 1. The van der Waals surface area contributed by atoms with Gasteiger partial charge in [-0.3, -0.25) is 9.59 Å². The van der Waals surface area contributed by atoms with Crippen molar-refractivity contribution in [3.63, 3.8) is 0 Å². The zero-order valence-corrected chi connectivity index (χ0v) is 24.9. The highest BCUT2D eigenvalue weighted by Gasteiger charge is 2.32. The molecule has 11 nitrogen and oxygen atoms in total. The molecule has 1 atom stereocenters. The van der Waals surface area contributed by atoms with Crippen molar-refractivity contribution in [1.29, 1.82) is 0 Å². The van der Waals surface area contributed by atoms with Gasteiger partial charge in [-0.2, -0.15) is 4.31 Å². The number of amides is 2. The van der Waals surface area contributed by atoms with Gasteiger partial charge in [-0.1, -0.05) is 42.5 Å². The first-order valence-electron chi connectivity index (χ1n) is 14.0. The SMILES string of the molecule is COc1ccc(CN(C(=O)COc2ccc(S(=O)(=O)N3CCOCC3)cc2)C(C(=O)NCCCO)c2ccccc2)cc1. The minimum Gasteiger partial charge on any atom is -0.497 e. The Hall–Kier alpha value is -3.97. The number of aliphatic hydroxyl groups is 1. The molecule has 2 N–H and O–H groups in total. The third-order valence-corrected chi connectivity index (χ3v) is 8.85. The summed E-state index contributed by atoms with van der Waals surface area (Å²) in [6, 6.07) is 21.1. The van der Waals surface area contributed by atoms with Crippen molar-refractivity contribution >= 4 is 21.8 Å². The molecule has 0 radical (unpaired) electrons. The van der Waals surface area contributed by atoms with E-state index in [1.807, 2.05) is 18.2 Å². The van der Waals surface area contributed by atoms with E-state index in [-0.39, 0.29) is 50.2 Å². The zero-order valence-electron chi connectivity index (χ0n) is 24.1. The lowest BCUT2D eigenvalue weighted by molar-refractivity contribution is -0.143. The molecule has 0 spiro atoms. The zero-order chi connectivity index (χ0) is 30.7. The average molecular weight is 612 g/mol. The lowest BCUT2D eigenvalue weighted by Crippen LogP contribution is -2.45. The molecule has 1 aliphatic heterocycles. The third kappa shape index (κ3) is 8.54. The largest absolute Gasteiger partial charge is 0.497 e. The second kappa shape index (κ2) is 15.5. The highest BCUT2D eigenvalue weighted by atomic mass is 32.2. The van der Waals surface area contributed by atoms with Crippen LogP contribution in [0.3, 0.4) is 0 Å². The van der Waals surface area contributed by atoms with Gasteiger partial charge < -0.3 is 29.5 Å². The normalized spacial score (nSPS) is 14.5. The van der Waals surface area contributed by atoms with Crippen molar-refractivity contribution in [3.05, 3.63) is 90.0 Å². The van der Waals surface area contributed by atoms with E-state index in [1.165, 1.54) is 33.5 Å². The third-order valence-electron chi connectivity index (χ3n) is 6.94. The van der Waals surface area contributed by atoms with Crippen LogP contribution in [-0.2, 0) is 30.9 Å². The fourth-order valence-corrected chi connectivity index (χ4v) is 6.03. The fourth-order valence-electron chi connectivity index (χ4n) is 4.62. The van der Waals surface area contributed by atoms with Crippen LogP contribution < -0.4 is 14.8 Å². The van der Waals surface area contributed by atoms with Crippen molar-refractivity contribution in [2.45, 2.75) is 23.9 Å². The van der Waals surface area contributed by atoms with Gasteiger partial charge in [0.15, 0.2) is 6.61 Å². The van der Waals surface area contributed by atoms with Crippen LogP contribution in [0.2, 0.25) is 0 Å². The van der Waals surface area contributed by atoms with Gasteiger partial charge in [0.2, 0.25) is 15.9 Å². The summed E-state index contributed by atoms with van der Waals surface area (Å²) in [5.74, 6) is 0.124. The topological polar surface area (TPSA) is 135 Å². The highest BCUT2D eigenvalue weighted by Crippen LogP contribution is 2.26. The lowest BCUT2D eigenvalue weighted by Gasteiger charge is -2.31. The number of carbonyl (C=O) groups is 2. The molecule has 4 rings (SSSR count). The van der Waals surface area contributed by atoms with Crippen molar-refractivity contribution in [1.82, 2.24) is 14.5 Å². The van der Waals surface area contributed by atoms with Gasteiger partial charge in [-0.15, -0.1) is 0 Å². The van der Waals surface area contributed by atoms with Gasteiger partial charge in [0.25, 0.3) is 5.91 Å². The number of rotatable bonds is 14. The van der Waals surface area contributed by atoms with Gasteiger partial charge in [-0.25, -0.2) is 8.42 Å². The van der Waals surface area contributed by atoms with Crippen LogP contribution in [0.1, 0.15) is 23.6 Å². The summed E-state index contributed by atoms with van der Waals surface area (Å²) in [7, 11) is -2.11. The summed E-state index contributed by atoms with van der Waals surface area (Å²) >= 11 is 0. The number of methoxy groups -OCH3 is 1. The molecule has 0 saturated carbocycles. The van der Waals surface area contributed by atoms with Crippen LogP contribution in [0.4, 0.5) is 0 Å².